The highest BCUT2D eigenvalue weighted by Crippen LogP contribution is 2.18. The van der Waals surface area contributed by atoms with Crippen LogP contribution in [0.3, 0.4) is 0 Å². The lowest BCUT2D eigenvalue weighted by molar-refractivity contribution is -0.131. The first kappa shape index (κ1) is 10.4. The van der Waals surface area contributed by atoms with Crippen molar-refractivity contribution < 1.29 is 9.90 Å². The van der Waals surface area contributed by atoms with Gasteiger partial charge in [0, 0.05) is 6.08 Å². The molecule has 1 N–H and O–H groups in total. The van der Waals surface area contributed by atoms with Gasteiger partial charge in [0.15, 0.2) is 0 Å². The summed E-state index contributed by atoms with van der Waals surface area (Å²) in [7, 11) is 0. The minimum Gasteiger partial charge on any atom is -0.478 e. The van der Waals surface area contributed by atoms with Crippen molar-refractivity contribution in [3.8, 4) is 0 Å². The number of carboxylic acid groups (broad SMARTS) is 1. The quantitative estimate of drug-likeness (QED) is 0.776. The van der Waals surface area contributed by atoms with Crippen LogP contribution in [-0.2, 0) is 4.79 Å². The molecule has 0 saturated heterocycles. The van der Waals surface area contributed by atoms with Gasteiger partial charge in [-0.05, 0) is 35.4 Å². The first-order chi connectivity index (χ1) is 7.65. The predicted molar refractivity (Wildman–Crippen MR) is 65.4 cm³/mol. The zero-order chi connectivity index (χ0) is 11.5. The van der Waals surface area contributed by atoms with Crippen LogP contribution in [0.1, 0.15) is 11.1 Å². The van der Waals surface area contributed by atoms with E-state index in [-0.39, 0.29) is 0 Å². The van der Waals surface area contributed by atoms with Crippen LogP contribution in [0.25, 0.3) is 16.8 Å². The molecule has 0 bridgehead atoms. The molecule has 0 aliphatic rings. The highest BCUT2D eigenvalue weighted by atomic mass is 16.4. The molecule has 0 aliphatic heterocycles. The Kier molecular flexibility index (Phi) is 2.73. The fourth-order valence-electron chi connectivity index (χ4n) is 1.65. The molecule has 16 heavy (non-hydrogen) atoms. The van der Waals surface area contributed by atoms with Crippen molar-refractivity contribution in [2.45, 2.75) is 6.92 Å². The van der Waals surface area contributed by atoms with Crippen LogP contribution in [0, 0.1) is 6.92 Å². The third kappa shape index (κ3) is 2.28. The molecular weight excluding hydrogens is 200 g/mol. The minimum absolute atomic E-state index is 0.902. The standard InChI is InChI=1S/C14H12O2/c1-10-2-5-13-9-11(4-7-14(15)16)3-6-12(13)8-10/h2-9H,1H3,(H,15,16)/b7-4+. The molecule has 2 heteroatoms. The summed E-state index contributed by atoms with van der Waals surface area (Å²) in [6.45, 7) is 2.05. The van der Waals surface area contributed by atoms with E-state index in [0.29, 0.717) is 0 Å². The Morgan fingerprint density at radius 3 is 2.56 bits per heavy atom. The second-order valence-corrected chi connectivity index (χ2v) is 3.78. The van der Waals surface area contributed by atoms with Crippen molar-refractivity contribution in [2.75, 3.05) is 0 Å². The molecule has 2 aromatic carbocycles. The monoisotopic (exact) mass is 212 g/mol. The van der Waals surface area contributed by atoms with Gasteiger partial charge >= 0.3 is 5.97 Å². The van der Waals surface area contributed by atoms with E-state index in [0.717, 1.165) is 17.0 Å². The van der Waals surface area contributed by atoms with Crippen LogP contribution in [0.15, 0.2) is 42.5 Å². The average molecular weight is 212 g/mol. The van der Waals surface area contributed by atoms with Gasteiger partial charge in [0.2, 0.25) is 0 Å². The molecule has 2 rings (SSSR count). The van der Waals surface area contributed by atoms with Gasteiger partial charge in [-0.25, -0.2) is 4.79 Å². The Labute approximate surface area is 93.8 Å². The highest BCUT2D eigenvalue weighted by molar-refractivity contribution is 5.88. The SMILES string of the molecule is Cc1ccc2cc(/C=C/C(=O)O)ccc2c1. The van der Waals surface area contributed by atoms with Crippen LogP contribution in [0.5, 0.6) is 0 Å². The van der Waals surface area contributed by atoms with Crippen molar-refractivity contribution in [3.05, 3.63) is 53.6 Å². The number of hydrogen-bond donors (Lipinski definition) is 1. The molecule has 0 radical (unpaired) electrons. The van der Waals surface area contributed by atoms with Gasteiger partial charge < -0.3 is 5.11 Å². The number of hydrogen-bond acceptors (Lipinski definition) is 1. The fourth-order valence-corrected chi connectivity index (χ4v) is 1.65. The molecule has 0 aliphatic carbocycles. The number of carbonyl (C=O) groups is 1. The first-order valence-electron chi connectivity index (χ1n) is 5.06. The maximum atomic E-state index is 10.4. The summed E-state index contributed by atoms with van der Waals surface area (Å²) in [6.07, 6.45) is 2.75. The molecule has 2 aromatic rings. The molecule has 80 valence electrons. The second-order valence-electron chi connectivity index (χ2n) is 3.78. The zero-order valence-electron chi connectivity index (χ0n) is 8.97. The number of benzene rings is 2. The molecule has 0 amide bonds. The van der Waals surface area contributed by atoms with Crippen LogP contribution in [0.2, 0.25) is 0 Å². The lowest BCUT2D eigenvalue weighted by atomic mass is 10.0. The van der Waals surface area contributed by atoms with E-state index in [1.165, 1.54) is 10.9 Å². The second kappa shape index (κ2) is 4.19. The Hall–Kier alpha value is -2.09. The minimum atomic E-state index is -0.927. The molecule has 0 saturated carbocycles. The van der Waals surface area contributed by atoms with E-state index in [1.54, 1.807) is 6.08 Å². The third-order valence-corrected chi connectivity index (χ3v) is 2.44. The number of fused-ring (bicyclic) bond motifs is 1. The summed E-state index contributed by atoms with van der Waals surface area (Å²) in [4.78, 5) is 10.4. The van der Waals surface area contributed by atoms with Gasteiger partial charge in [0.1, 0.15) is 0 Å². The molecule has 0 heterocycles. The summed E-state index contributed by atoms with van der Waals surface area (Å²) < 4.78 is 0. The lowest BCUT2D eigenvalue weighted by Crippen LogP contribution is -1.85. The Bertz CT molecular complexity index is 568. The van der Waals surface area contributed by atoms with Crippen LogP contribution in [-0.4, -0.2) is 11.1 Å². The fraction of sp³-hybridized carbons (Fsp3) is 0.0714. The Morgan fingerprint density at radius 1 is 1.12 bits per heavy atom. The van der Waals surface area contributed by atoms with Crippen LogP contribution in [0.4, 0.5) is 0 Å². The largest absolute Gasteiger partial charge is 0.478 e. The van der Waals surface area contributed by atoms with Gasteiger partial charge in [-0.1, -0.05) is 35.9 Å². The molecule has 0 atom stereocenters. The first-order valence-corrected chi connectivity index (χ1v) is 5.06. The summed E-state index contributed by atoms with van der Waals surface area (Å²) >= 11 is 0. The van der Waals surface area contributed by atoms with E-state index >= 15 is 0 Å². The topological polar surface area (TPSA) is 37.3 Å². The van der Waals surface area contributed by atoms with Gasteiger partial charge in [0.05, 0.1) is 0 Å². The molecular formula is C14H12O2. The molecule has 0 aromatic heterocycles. The van der Waals surface area contributed by atoms with Crippen molar-refractivity contribution >= 4 is 22.8 Å². The summed E-state index contributed by atoms with van der Waals surface area (Å²) in [5.74, 6) is -0.927. The van der Waals surface area contributed by atoms with Gasteiger partial charge in [-0.3, -0.25) is 0 Å². The predicted octanol–water partition coefficient (Wildman–Crippen LogP) is 3.25. The van der Waals surface area contributed by atoms with E-state index in [2.05, 4.69) is 13.0 Å². The van der Waals surface area contributed by atoms with Crippen LogP contribution < -0.4 is 0 Å². The smallest absolute Gasteiger partial charge is 0.328 e. The lowest BCUT2D eigenvalue weighted by Gasteiger charge is -2.00. The van der Waals surface area contributed by atoms with Gasteiger partial charge in [0.25, 0.3) is 0 Å². The number of carboxylic acids is 1. The normalized spacial score (nSPS) is 11.1. The Morgan fingerprint density at radius 2 is 1.81 bits per heavy atom. The highest BCUT2D eigenvalue weighted by Gasteiger charge is 1.95. The summed E-state index contributed by atoms with van der Waals surface area (Å²) in [5, 5.41) is 10.8. The summed E-state index contributed by atoms with van der Waals surface area (Å²) in [6, 6.07) is 12.1. The molecule has 0 spiro atoms. The van der Waals surface area contributed by atoms with Crippen molar-refractivity contribution in [1.82, 2.24) is 0 Å². The molecule has 0 fully saturated rings. The van der Waals surface area contributed by atoms with Crippen molar-refractivity contribution in [3.63, 3.8) is 0 Å². The Balaban J connectivity index is 2.44. The van der Waals surface area contributed by atoms with E-state index in [9.17, 15) is 4.79 Å². The molecule has 0 unspecified atom stereocenters. The average Bonchev–Trinajstić information content (AvgIpc) is 2.26. The maximum absolute atomic E-state index is 10.4. The molecule has 2 nitrogen and oxygen atoms in total. The van der Waals surface area contributed by atoms with Crippen molar-refractivity contribution in [1.29, 1.82) is 0 Å². The number of aryl methyl sites for hydroxylation is 1. The summed E-state index contributed by atoms with van der Waals surface area (Å²) in [5.41, 5.74) is 2.13. The number of rotatable bonds is 2. The zero-order valence-corrected chi connectivity index (χ0v) is 8.97. The van der Waals surface area contributed by atoms with E-state index in [1.807, 2.05) is 30.3 Å². The number of aliphatic carboxylic acids is 1. The third-order valence-electron chi connectivity index (χ3n) is 2.44. The van der Waals surface area contributed by atoms with Crippen LogP contribution >= 0.6 is 0 Å². The van der Waals surface area contributed by atoms with Gasteiger partial charge in [-0.2, -0.15) is 0 Å². The van der Waals surface area contributed by atoms with Crippen molar-refractivity contribution in [2.24, 2.45) is 0 Å². The van der Waals surface area contributed by atoms with E-state index in [4.69, 9.17) is 5.11 Å². The maximum Gasteiger partial charge on any atom is 0.328 e. The van der Waals surface area contributed by atoms with E-state index < -0.39 is 5.97 Å². The van der Waals surface area contributed by atoms with Gasteiger partial charge in [-0.15, -0.1) is 0 Å².